The van der Waals surface area contributed by atoms with Crippen molar-refractivity contribution in [3.05, 3.63) is 83.5 Å². The quantitative estimate of drug-likeness (QED) is 0.433. The molecule has 2 aromatic carbocycles. The van der Waals surface area contributed by atoms with Crippen molar-refractivity contribution < 1.29 is 14.5 Å². The van der Waals surface area contributed by atoms with Crippen LogP contribution in [0, 0.1) is 5.41 Å². The maximum absolute atomic E-state index is 11.8. The fourth-order valence-corrected chi connectivity index (χ4v) is 5.96. The number of hydrogen-bond donors (Lipinski definition) is 1. The number of para-hydroxylation sites is 2. The summed E-state index contributed by atoms with van der Waals surface area (Å²) in [4.78, 5) is 15.3. The van der Waals surface area contributed by atoms with E-state index in [1.165, 1.54) is 21.4 Å². The Morgan fingerprint density at radius 2 is 1.76 bits per heavy atom. The number of aliphatic carboxylic acids is 1. The van der Waals surface area contributed by atoms with Gasteiger partial charge in [-0.25, -0.2) is 4.57 Å². The SMILES string of the molecule is C[n+]1ccc(/C=C/C=C2\Sc3ccccc3N2C(C)(C)CC(C)(C)C(=O)O)c2ccccc21. The van der Waals surface area contributed by atoms with Crippen LogP contribution in [0.25, 0.3) is 17.0 Å². The number of pyridine rings is 1. The van der Waals surface area contributed by atoms with Gasteiger partial charge in [-0.2, -0.15) is 0 Å². The molecule has 1 aromatic heterocycles. The van der Waals surface area contributed by atoms with Crippen LogP contribution >= 0.6 is 11.8 Å². The third kappa shape index (κ3) is 4.55. The summed E-state index contributed by atoms with van der Waals surface area (Å²) < 4.78 is 2.13. The average Bonchev–Trinajstić information content (AvgIpc) is 3.14. The van der Waals surface area contributed by atoms with Crippen LogP contribution in [0.3, 0.4) is 0 Å². The third-order valence-electron chi connectivity index (χ3n) is 6.19. The summed E-state index contributed by atoms with van der Waals surface area (Å²) in [5.74, 6) is -0.773. The highest BCUT2D eigenvalue weighted by molar-refractivity contribution is 8.03. The fourth-order valence-electron chi connectivity index (χ4n) is 4.74. The minimum absolute atomic E-state index is 0.381. The van der Waals surface area contributed by atoms with Crippen LogP contribution < -0.4 is 9.47 Å². The summed E-state index contributed by atoms with van der Waals surface area (Å²) in [5, 5.41) is 12.0. The summed E-state index contributed by atoms with van der Waals surface area (Å²) in [7, 11) is 2.06. The number of aromatic nitrogens is 1. The highest BCUT2D eigenvalue weighted by atomic mass is 32.2. The molecule has 170 valence electrons. The number of thioether (sulfide) groups is 1. The molecule has 0 saturated carbocycles. The summed E-state index contributed by atoms with van der Waals surface area (Å²) in [6, 6.07) is 18.9. The van der Waals surface area contributed by atoms with Crippen LogP contribution in [0.4, 0.5) is 5.69 Å². The number of allylic oxidation sites excluding steroid dienone is 2. The van der Waals surface area contributed by atoms with Crippen molar-refractivity contribution in [2.75, 3.05) is 4.90 Å². The Kier molecular flexibility index (Phi) is 6.10. The van der Waals surface area contributed by atoms with E-state index in [4.69, 9.17) is 0 Å². The number of carboxylic acid groups (broad SMARTS) is 1. The highest BCUT2D eigenvalue weighted by Crippen LogP contribution is 2.51. The van der Waals surface area contributed by atoms with E-state index in [1.54, 1.807) is 25.6 Å². The van der Waals surface area contributed by atoms with Gasteiger partial charge < -0.3 is 10.0 Å². The van der Waals surface area contributed by atoms with Gasteiger partial charge in [0.25, 0.3) is 0 Å². The van der Waals surface area contributed by atoms with E-state index in [-0.39, 0.29) is 5.54 Å². The molecule has 4 nitrogen and oxygen atoms in total. The van der Waals surface area contributed by atoms with E-state index in [1.807, 2.05) is 12.1 Å². The molecular formula is C28H31N2O2S+. The molecule has 2 heterocycles. The zero-order valence-corrected chi connectivity index (χ0v) is 20.7. The van der Waals surface area contributed by atoms with E-state index in [2.05, 4.69) is 97.3 Å². The molecule has 5 heteroatoms. The van der Waals surface area contributed by atoms with Gasteiger partial charge >= 0.3 is 5.97 Å². The molecule has 0 spiro atoms. The molecule has 1 aliphatic heterocycles. The second-order valence-corrected chi connectivity index (χ2v) is 10.9. The molecule has 0 bridgehead atoms. The first kappa shape index (κ1) is 23.1. The standard InChI is InChI=1S/C28H30N2O2S/c1-27(2,26(31)32)19-28(3,4)30-23-14-8-9-15-24(23)33-25(30)16-10-11-20-17-18-29(5)22-13-7-6-12-21(20)22/h6-18H,19H2,1-5H3/p+1. The maximum Gasteiger partial charge on any atom is 0.309 e. The molecule has 0 amide bonds. The monoisotopic (exact) mass is 459 g/mol. The predicted molar refractivity (Wildman–Crippen MR) is 137 cm³/mol. The topological polar surface area (TPSA) is 44.4 Å². The number of hydrogen-bond acceptors (Lipinski definition) is 3. The average molecular weight is 460 g/mol. The van der Waals surface area contributed by atoms with E-state index < -0.39 is 11.4 Å². The number of fused-ring (bicyclic) bond motifs is 2. The predicted octanol–water partition coefficient (Wildman–Crippen LogP) is 6.41. The van der Waals surface area contributed by atoms with Crippen molar-refractivity contribution >= 4 is 40.4 Å². The van der Waals surface area contributed by atoms with Gasteiger partial charge in [0.15, 0.2) is 6.20 Å². The fraction of sp³-hybridized carbons (Fsp3) is 0.286. The number of nitrogens with zero attached hydrogens (tertiary/aromatic N) is 2. The first-order valence-corrected chi connectivity index (χ1v) is 12.0. The lowest BCUT2D eigenvalue weighted by Crippen LogP contribution is -2.46. The molecule has 0 atom stereocenters. The van der Waals surface area contributed by atoms with E-state index >= 15 is 0 Å². The molecule has 0 unspecified atom stereocenters. The van der Waals surface area contributed by atoms with Crippen LogP contribution in [0.1, 0.15) is 39.7 Å². The van der Waals surface area contributed by atoms with Crippen LogP contribution in [0.2, 0.25) is 0 Å². The van der Waals surface area contributed by atoms with Gasteiger partial charge in [0.05, 0.1) is 21.5 Å². The Morgan fingerprint density at radius 3 is 2.52 bits per heavy atom. The van der Waals surface area contributed by atoms with Crippen molar-refractivity contribution in [2.24, 2.45) is 12.5 Å². The highest BCUT2D eigenvalue weighted by Gasteiger charge is 2.42. The second-order valence-electron chi connectivity index (χ2n) is 9.85. The summed E-state index contributed by atoms with van der Waals surface area (Å²) in [6.45, 7) is 7.86. The molecule has 4 rings (SSSR count). The van der Waals surface area contributed by atoms with Gasteiger partial charge in [0.2, 0.25) is 5.52 Å². The lowest BCUT2D eigenvalue weighted by atomic mass is 9.79. The zero-order chi connectivity index (χ0) is 23.8. The van der Waals surface area contributed by atoms with E-state index in [9.17, 15) is 9.90 Å². The first-order valence-electron chi connectivity index (χ1n) is 11.2. The number of rotatable bonds is 6. The molecule has 33 heavy (non-hydrogen) atoms. The van der Waals surface area contributed by atoms with E-state index in [0.717, 1.165) is 10.7 Å². The molecule has 1 N–H and O–H groups in total. The Morgan fingerprint density at radius 1 is 1.06 bits per heavy atom. The lowest BCUT2D eigenvalue weighted by molar-refractivity contribution is -0.644. The molecule has 0 fully saturated rings. The van der Waals surface area contributed by atoms with Crippen LogP contribution in [0.15, 0.2) is 82.9 Å². The third-order valence-corrected chi connectivity index (χ3v) is 7.28. The van der Waals surface area contributed by atoms with Gasteiger partial charge in [-0.3, -0.25) is 4.79 Å². The zero-order valence-electron chi connectivity index (χ0n) is 19.9. The number of anilines is 1. The van der Waals surface area contributed by atoms with Crippen molar-refractivity contribution in [1.29, 1.82) is 0 Å². The Hall–Kier alpha value is -3.05. The van der Waals surface area contributed by atoms with Crippen LogP contribution in [-0.4, -0.2) is 16.6 Å². The van der Waals surface area contributed by atoms with Gasteiger partial charge in [-0.1, -0.05) is 48.2 Å². The number of aryl methyl sites for hydroxylation is 1. The maximum atomic E-state index is 11.8. The van der Waals surface area contributed by atoms with Crippen molar-refractivity contribution in [1.82, 2.24) is 0 Å². The van der Waals surface area contributed by atoms with E-state index in [0.29, 0.717) is 6.42 Å². The van der Waals surface area contributed by atoms with Crippen LogP contribution in [0.5, 0.6) is 0 Å². The van der Waals surface area contributed by atoms with Gasteiger partial charge in [0.1, 0.15) is 7.05 Å². The molecule has 0 aliphatic carbocycles. The van der Waals surface area contributed by atoms with Crippen molar-refractivity contribution in [3.63, 3.8) is 0 Å². The lowest BCUT2D eigenvalue weighted by Gasteiger charge is -2.41. The minimum atomic E-state index is -0.828. The number of carboxylic acids is 1. The van der Waals surface area contributed by atoms with Crippen LogP contribution in [-0.2, 0) is 11.8 Å². The summed E-state index contributed by atoms with van der Waals surface area (Å²) >= 11 is 1.73. The Bertz CT molecular complexity index is 1270. The summed E-state index contributed by atoms with van der Waals surface area (Å²) in [5.41, 5.74) is 2.28. The Labute approximate surface area is 200 Å². The Balaban J connectivity index is 1.71. The molecular weight excluding hydrogens is 428 g/mol. The largest absolute Gasteiger partial charge is 0.481 e. The second kappa shape index (κ2) is 8.71. The first-order chi connectivity index (χ1) is 15.6. The molecule has 1 aliphatic rings. The summed E-state index contributed by atoms with van der Waals surface area (Å²) in [6.07, 6.45) is 8.98. The molecule has 0 saturated heterocycles. The number of benzene rings is 2. The molecule has 3 aromatic rings. The molecule has 0 radical (unpaired) electrons. The smallest absolute Gasteiger partial charge is 0.309 e. The van der Waals surface area contributed by atoms with Gasteiger partial charge in [-0.05, 0) is 64.0 Å². The number of carbonyl (C=O) groups is 1. The van der Waals surface area contributed by atoms with Gasteiger partial charge in [-0.15, -0.1) is 0 Å². The van der Waals surface area contributed by atoms with Gasteiger partial charge in [0, 0.05) is 22.6 Å². The minimum Gasteiger partial charge on any atom is -0.481 e. The normalized spacial score (nSPS) is 15.5. The van der Waals surface area contributed by atoms with Crippen molar-refractivity contribution in [2.45, 2.75) is 44.6 Å². The van der Waals surface area contributed by atoms with Crippen molar-refractivity contribution in [3.8, 4) is 0 Å².